The van der Waals surface area contributed by atoms with Crippen molar-refractivity contribution in [3.8, 4) is 0 Å². The fourth-order valence-corrected chi connectivity index (χ4v) is 4.97. The molecule has 0 fully saturated rings. The Balaban J connectivity index is 1.48. The van der Waals surface area contributed by atoms with Crippen molar-refractivity contribution in [2.45, 2.75) is 19.3 Å². The topological polar surface area (TPSA) is 66.5 Å². The SMILES string of the molecule is O=C(CCc1ccccc1Br)NCCS(=O)(=O)N1CCc2ccccc21. The number of anilines is 1. The average molecular weight is 437 g/mol. The molecule has 0 aliphatic carbocycles. The molecule has 0 unspecified atom stereocenters. The van der Waals surface area contributed by atoms with Crippen LogP contribution in [0.25, 0.3) is 0 Å². The summed E-state index contributed by atoms with van der Waals surface area (Å²) in [5.74, 6) is -0.236. The molecule has 0 spiro atoms. The molecule has 3 rings (SSSR count). The van der Waals surface area contributed by atoms with E-state index in [0.29, 0.717) is 19.4 Å². The molecule has 0 atom stereocenters. The summed E-state index contributed by atoms with van der Waals surface area (Å²) in [5.41, 5.74) is 2.87. The zero-order chi connectivity index (χ0) is 18.6. The molecule has 1 aliphatic heterocycles. The molecule has 1 heterocycles. The van der Waals surface area contributed by atoms with Crippen LogP contribution in [0.3, 0.4) is 0 Å². The van der Waals surface area contributed by atoms with Gasteiger partial charge in [-0.2, -0.15) is 0 Å². The molecule has 1 aliphatic rings. The predicted molar refractivity (Wildman–Crippen MR) is 107 cm³/mol. The van der Waals surface area contributed by atoms with E-state index in [4.69, 9.17) is 0 Å². The average Bonchev–Trinajstić information content (AvgIpc) is 3.06. The highest BCUT2D eigenvalue weighted by molar-refractivity contribution is 9.10. The highest BCUT2D eigenvalue weighted by Gasteiger charge is 2.28. The molecule has 1 N–H and O–H groups in total. The number of hydrogen-bond acceptors (Lipinski definition) is 3. The molecule has 7 heteroatoms. The molecule has 1 amide bonds. The molecule has 2 aromatic carbocycles. The molecular formula is C19H21BrN2O3S. The third kappa shape index (κ3) is 4.45. The first-order valence-corrected chi connectivity index (χ1v) is 11.0. The minimum atomic E-state index is -3.43. The summed E-state index contributed by atoms with van der Waals surface area (Å²) in [4.78, 5) is 12.0. The molecule has 0 saturated heterocycles. The van der Waals surface area contributed by atoms with Crippen LogP contribution in [0.2, 0.25) is 0 Å². The van der Waals surface area contributed by atoms with Gasteiger partial charge in [0.15, 0.2) is 0 Å². The summed E-state index contributed by atoms with van der Waals surface area (Å²) in [5, 5.41) is 2.72. The van der Waals surface area contributed by atoms with Crippen LogP contribution in [0.4, 0.5) is 5.69 Å². The summed E-state index contributed by atoms with van der Waals surface area (Å²) < 4.78 is 27.6. The quantitative estimate of drug-likeness (QED) is 0.725. The van der Waals surface area contributed by atoms with E-state index in [0.717, 1.165) is 27.7 Å². The monoisotopic (exact) mass is 436 g/mol. The summed E-state index contributed by atoms with van der Waals surface area (Å²) in [6.07, 6.45) is 1.67. The van der Waals surface area contributed by atoms with Gasteiger partial charge in [-0.15, -0.1) is 0 Å². The van der Waals surface area contributed by atoms with Gasteiger partial charge in [0.05, 0.1) is 11.4 Å². The first-order chi connectivity index (χ1) is 12.5. The van der Waals surface area contributed by atoms with Gasteiger partial charge in [-0.3, -0.25) is 9.10 Å². The van der Waals surface area contributed by atoms with Crippen LogP contribution in [0.5, 0.6) is 0 Å². The Bertz CT molecular complexity index is 899. The molecule has 0 saturated carbocycles. The van der Waals surface area contributed by atoms with Crippen LogP contribution in [0.15, 0.2) is 53.0 Å². The maximum absolute atomic E-state index is 12.6. The number of nitrogens with zero attached hydrogens (tertiary/aromatic N) is 1. The van der Waals surface area contributed by atoms with Crippen molar-refractivity contribution in [1.82, 2.24) is 5.32 Å². The van der Waals surface area contributed by atoms with E-state index in [-0.39, 0.29) is 18.2 Å². The smallest absolute Gasteiger partial charge is 0.236 e. The second-order valence-corrected chi connectivity index (χ2v) is 9.08. The molecule has 26 heavy (non-hydrogen) atoms. The number of hydrogen-bond donors (Lipinski definition) is 1. The maximum atomic E-state index is 12.6. The zero-order valence-electron chi connectivity index (χ0n) is 14.3. The Kier molecular flexibility index (Phi) is 5.98. The minimum Gasteiger partial charge on any atom is -0.355 e. The first-order valence-electron chi connectivity index (χ1n) is 8.56. The Morgan fingerprint density at radius 1 is 1.12 bits per heavy atom. The van der Waals surface area contributed by atoms with Crippen molar-refractivity contribution in [3.63, 3.8) is 0 Å². The van der Waals surface area contributed by atoms with Crippen molar-refractivity contribution in [2.24, 2.45) is 0 Å². The number of aryl methyl sites for hydroxylation is 1. The largest absolute Gasteiger partial charge is 0.355 e. The van der Waals surface area contributed by atoms with Gasteiger partial charge in [-0.25, -0.2) is 8.42 Å². The summed E-state index contributed by atoms with van der Waals surface area (Å²) in [7, 11) is -3.43. The van der Waals surface area contributed by atoms with Crippen LogP contribution in [-0.2, 0) is 27.7 Å². The van der Waals surface area contributed by atoms with E-state index in [1.807, 2.05) is 48.5 Å². The maximum Gasteiger partial charge on any atom is 0.236 e. The van der Waals surface area contributed by atoms with Crippen molar-refractivity contribution in [2.75, 3.05) is 23.1 Å². The molecular weight excluding hydrogens is 416 g/mol. The minimum absolute atomic E-state index is 0.0951. The van der Waals surface area contributed by atoms with Gasteiger partial charge in [0, 0.05) is 24.0 Å². The van der Waals surface area contributed by atoms with Crippen molar-refractivity contribution >= 4 is 37.5 Å². The number of fused-ring (bicyclic) bond motifs is 1. The van der Waals surface area contributed by atoms with Crippen molar-refractivity contribution < 1.29 is 13.2 Å². The number of sulfonamides is 1. The van der Waals surface area contributed by atoms with Crippen LogP contribution in [0, 0.1) is 0 Å². The van der Waals surface area contributed by atoms with E-state index < -0.39 is 10.0 Å². The van der Waals surface area contributed by atoms with Gasteiger partial charge in [0.1, 0.15) is 0 Å². The second kappa shape index (κ2) is 8.22. The molecule has 5 nitrogen and oxygen atoms in total. The number of halogens is 1. The number of carbonyl (C=O) groups excluding carboxylic acids is 1. The number of carbonyl (C=O) groups is 1. The van der Waals surface area contributed by atoms with Crippen molar-refractivity contribution in [3.05, 3.63) is 64.1 Å². The van der Waals surface area contributed by atoms with Gasteiger partial charge >= 0.3 is 0 Å². The Hall–Kier alpha value is -1.86. The molecule has 0 bridgehead atoms. The lowest BCUT2D eigenvalue weighted by Crippen LogP contribution is -2.37. The number of benzene rings is 2. The lowest BCUT2D eigenvalue weighted by atomic mass is 10.1. The van der Waals surface area contributed by atoms with Crippen LogP contribution in [0.1, 0.15) is 17.5 Å². The number of nitrogens with one attached hydrogen (secondary N) is 1. The third-order valence-electron chi connectivity index (χ3n) is 4.44. The molecule has 0 aromatic heterocycles. The summed E-state index contributed by atoms with van der Waals surface area (Å²) in [6, 6.07) is 15.3. The third-order valence-corrected chi connectivity index (χ3v) is 6.99. The number of amides is 1. The normalized spacial score (nSPS) is 13.5. The van der Waals surface area contributed by atoms with E-state index in [1.165, 1.54) is 4.31 Å². The number of rotatable bonds is 7. The first kappa shape index (κ1) is 18.9. The molecule has 0 radical (unpaired) electrons. The zero-order valence-corrected chi connectivity index (χ0v) is 16.7. The van der Waals surface area contributed by atoms with Crippen LogP contribution < -0.4 is 9.62 Å². The van der Waals surface area contributed by atoms with Gasteiger partial charge in [-0.05, 0) is 36.1 Å². The fourth-order valence-electron chi connectivity index (χ4n) is 3.06. The van der Waals surface area contributed by atoms with Gasteiger partial charge in [-0.1, -0.05) is 52.3 Å². The van der Waals surface area contributed by atoms with Gasteiger partial charge < -0.3 is 5.32 Å². The van der Waals surface area contributed by atoms with E-state index in [9.17, 15) is 13.2 Å². The van der Waals surface area contributed by atoms with Gasteiger partial charge in [0.25, 0.3) is 0 Å². The molecule has 138 valence electrons. The Labute approximate surface area is 162 Å². The molecule has 2 aromatic rings. The highest BCUT2D eigenvalue weighted by Crippen LogP contribution is 2.29. The van der Waals surface area contributed by atoms with E-state index in [1.54, 1.807) is 0 Å². The Morgan fingerprint density at radius 2 is 1.85 bits per heavy atom. The predicted octanol–water partition coefficient (Wildman–Crippen LogP) is 2.89. The van der Waals surface area contributed by atoms with E-state index >= 15 is 0 Å². The van der Waals surface area contributed by atoms with Crippen molar-refractivity contribution in [1.29, 1.82) is 0 Å². The number of para-hydroxylation sites is 1. The lowest BCUT2D eigenvalue weighted by Gasteiger charge is -2.19. The standard InChI is InChI=1S/C19H21BrN2O3S/c20-17-7-3-1-5-15(17)9-10-19(23)21-12-14-26(24,25)22-13-11-16-6-2-4-8-18(16)22/h1-8H,9-14H2,(H,21,23). The highest BCUT2D eigenvalue weighted by atomic mass is 79.9. The van der Waals surface area contributed by atoms with E-state index in [2.05, 4.69) is 21.2 Å². The fraction of sp³-hybridized carbons (Fsp3) is 0.316. The second-order valence-electron chi connectivity index (χ2n) is 6.21. The van der Waals surface area contributed by atoms with Crippen LogP contribution in [-0.4, -0.2) is 33.2 Å². The Morgan fingerprint density at radius 3 is 2.65 bits per heavy atom. The van der Waals surface area contributed by atoms with Crippen LogP contribution >= 0.6 is 15.9 Å². The van der Waals surface area contributed by atoms with Gasteiger partial charge in [0.2, 0.25) is 15.9 Å². The summed E-state index contributed by atoms with van der Waals surface area (Å²) in [6.45, 7) is 0.591. The summed E-state index contributed by atoms with van der Waals surface area (Å²) >= 11 is 3.46. The lowest BCUT2D eigenvalue weighted by molar-refractivity contribution is -0.120.